The van der Waals surface area contributed by atoms with Crippen LogP contribution < -0.4 is 0 Å². The Morgan fingerprint density at radius 1 is 1.33 bits per heavy atom. The molecule has 0 amide bonds. The van der Waals surface area contributed by atoms with Crippen LogP contribution >= 0.6 is 0 Å². The van der Waals surface area contributed by atoms with E-state index in [2.05, 4.69) is 24.9 Å². The fourth-order valence-corrected chi connectivity index (χ4v) is 1.92. The Kier molecular flexibility index (Phi) is 3.55. The summed E-state index contributed by atoms with van der Waals surface area (Å²) in [6, 6.07) is 2.87. The summed E-state index contributed by atoms with van der Waals surface area (Å²) in [4.78, 5) is 2.19. The van der Waals surface area contributed by atoms with Gasteiger partial charge in [0.2, 0.25) is 0 Å². The highest BCUT2D eigenvalue weighted by Gasteiger charge is 2.20. The smallest absolute Gasteiger partial charge is 0.0865 e. The minimum atomic E-state index is 0.582. The average molecular weight is 166 g/mol. The van der Waals surface area contributed by atoms with Crippen molar-refractivity contribution in [1.29, 1.82) is 5.26 Å². The first-order valence-electron chi connectivity index (χ1n) is 4.81. The maximum Gasteiger partial charge on any atom is 0.0865 e. The Hall–Kier alpha value is -0.550. The lowest BCUT2D eigenvalue weighted by molar-refractivity contribution is 0.186. The second kappa shape index (κ2) is 4.47. The van der Waals surface area contributed by atoms with Crippen LogP contribution in [0.4, 0.5) is 0 Å². The van der Waals surface area contributed by atoms with Crippen LogP contribution in [0.15, 0.2) is 0 Å². The number of hydrogen-bond acceptors (Lipinski definition) is 2. The van der Waals surface area contributed by atoms with Crippen LogP contribution in [0.25, 0.3) is 0 Å². The van der Waals surface area contributed by atoms with Gasteiger partial charge in [0.05, 0.1) is 12.6 Å². The summed E-state index contributed by atoms with van der Waals surface area (Å²) in [6.45, 7) is 2.90. The maximum absolute atomic E-state index is 8.53. The molecule has 0 radical (unpaired) electrons. The fraction of sp³-hybridized carbons (Fsp3) is 0.900. The summed E-state index contributed by atoms with van der Waals surface area (Å²) >= 11 is 0. The molecule has 0 unspecified atom stereocenters. The molecule has 1 aliphatic carbocycles. The van der Waals surface area contributed by atoms with Gasteiger partial charge < -0.3 is 0 Å². The third-order valence-electron chi connectivity index (χ3n) is 2.93. The molecule has 0 spiro atoms. The maximum atomic E-state index is 8.53. The Balaban J connectivity index is 2.30. The van der Waals surface area contributed by atoms with Gasteiger partial charge in [0.1, 0.15) is 0 Å². The lowest BCUT2D eigenvalue weighted by Crippen LogP contribution is -2.34. The highest BCUT2D eigenvalue weighted by Crippen LogP contribution is 2.25. The summed E-state index contributed by atoms with van der Waals surface area (Å²) < 4.78 is 0. The van der Waals surface area contributed by atoms with E-state index < -0.39 is 0 Å². The summed E-state index contributed by atoms with van der Waals surface area (Å²) in [6.07, 6.45) is 5.22. The topological polar surface area (TPSA) is 27.0 Å². The molecule has 0 aliphatic heterocycles. The van der Waals surface area contributed by atoms with Gasteiger partial charge in [0.15, 0.2) is 0 Å². The predicted molar refractivity (Wildman–Crippen MR) is 49.7 cm³/mol. The lowest BCUT2D eigenvalue weighted by atomic mass is 9.87. The molecular weight excluding hydrogens is 148 g/mol. The van der Waals surface area contributed by atoms with Gasteiger partial charge in [-0.1, -0.05) is 6.92 Å². The van der Waals surface area contributed by atoms with Crippen molar-refractivity contribution >= 4 is 0 Å². The first-order valence-corrected chi connectivity index (χ1v) is 4.81. The van der Waals surface area contributed by atoms with E-state index in [0.29, 0.717) is 12.6 Å². The molecule has 1 fully saturated rings. The molecule has 0 heterocycles. The normalized spacial score (nSPS) is 30.2. The van der Waals surface area contributed by atoms with Crippen molar-refractivity contribution in [2.45, 2.75) is 38.6 Å². The summed E-state index contributed by atoms with van der Waals surface area (Å²) in [5.74, 6) is 0.900. The molecular formula is C10H18N2. The minimum absolute atomic E-state index is 0.582. The van der Waals surface area contributed by atoms with E-state index in [0.717, 1.165) is 5.92 Å². The average Bonchev–Trinajstić information content (AvgIpc) is 2.06. The standard InChI is InChI=1S/C10H18N2/c1-9-3-5-10(6-4-9)12(2)8-7-11/h9-10H,3-6,8H2,1-2H3/t9-,10-. The van der Waals surface area contributed by atoms with E-state index in [1.54, 1.807) is 0 Å². The zero-order valence-corrected chi connectivity index (χ0v) is 8.08. The summed E-state index contributed by atoms with van der Waals surface area (Å²) in [5, 5.41) is 8.53. The van der Waals surface area contributed by atoms with Crippen LogP contribution in [0.3, 0.4) is 0 Å². The first-order chi connectivity index (χ1) is 5.74. The summed E-state index contributed by atoms with van der Waals surface area (Å²) in [7, 11) is 2.06. The van der Waals surface area contributed by atoms with Crippen molar-refractivity contribution in [3.8, 4) is 6.07 Å². The SMILES string of the molecule is CN(CC#N)[C@H]1CC[C@H](C)CC1. The van der Waals surface area contributed by atoms with Crippen molar-refractivity contribution in [3.05, 3.63) is 0 Å². The Morgan fingerprint density at radius 3 is 2.42 bits per heavy atom. The number of nitrogens with zero attached hydrogens (tertiary/aromatic N) is 2. The molecule has 0 N–H and O–H groups in total. The lowest BCUT2D eigenvalue weighted by Gasteiger charge is -2.32. The van der Waals surface area contributed by atoms with Crippen LogP contribution in [-0.4, -0.2) is 24.5 Å². The van der Waals surface area contributed by atoms with Crippen LogP contribution in [-0.2, 0) is 0 Å². The third-order valence-corrected chi connectivity index (χ3v) is 2.93. The minimum Gasteiger partial charge on any atom is -0.291 e. The molecule has 2 nitrogen and oxygen atoms in total. The second-order valence-corrected chi connectivity index (χ2v) is 3.99. The quantitative estimate of drug-likeness (QED) is 0.587. The molecule has 1 rings (SSSR count). The zero-order valence-electron chi connectivity index (χ0n) is 8.08. The fourth-order valence-electron chi connectivity index (χ4n) is 1.92. The molecule has 0 aromatic rings. The van der Waals surface area contributed by atoms with Gasteiger partial charge in [-0.15, -0.1) is 0 Å². The van der Waals surface area contributed by atoms with Gasteiger partial charge >= 0.3 is 0 Å². The molecule has 1 aliphatic rings. The van der Waals surface area contributed by atoms with Crippen molar-refractivity contribution in [3.63, 3.8) is 0 Å². The van der Waals surface area contributed by atoms with E-state index in [-0.39, 0.29) is 0 Å². The van der Waals surface area contributed by atoms with Crippen LogP contribution in [0.1, 0.15) is 32.6 Å². The monoisotopic (exact) mass is 166 g/mol. The molecule has 1 saturated carbocycles. The van der Waals surface area contributed by atoms with Crippen molar-refractivity contribution in [2.24, 2.45) is 5.92 Å². The molecule has 0 saturated heterocycles. The van der Waals surface area contributed by atoms with Crippen molar-refractivity contribution in [2.75, 3.05) is 13.6 Å². The van der Waals surface area contributed by atoms with Gasteiger partial charge in [0.25, 0.3) is 0 Å². The van der Waals surface area contributed by atoms with Crippen molar-refractivity contribution < 1.29 is 0 Å². The first kappa shape index (κ1) is 9.54. The largest absolute Gasteiger partial charge is 0.291 e. The van der Waals surface area contributed by atoms with E-state index in [9.17, 15) is 0 Å². The molecule has 2 heteroatoms. The Labute approximate surface area is 75.2 Å². The van der Waals surface area contributed by atoms with E-state index in [4.69, 9.17) is 5.26 Å². The zero-order chi connectivity index (χ0) is 8.97. The highest BCUT2D eigenvalue weighted by molar-refractivity contribution is 4.82. The van der Waals surface area contributed by atoms with Gasteiger partial charge in [-0.25, -0.2) is 0 Å². The van der Waals surface area contributed by atoms with Gasteiger partial charge in [-0.2, -0.15) is 5.26 Å². The number of nitriles is 1. The number of hydrogen-bond donors (Lipinski definition) is 0. The predicted octanol–water partition coefficient (Wildman–Crippen LogP) is 2.02. The Bertz CT molecular complexity index is 163. The Morgan fingerprint density at radius 2 is 1.92 bits per heavy atom. The van der Waals surface area contributed by atoms with Crippen LogP contribution in [0.2, 0.25) is 0 Å². The van der Waals surface area contributed by atoms with Gasteiger partial charge in [-0.3, -0.25) is 4.90 Å². The highest BCUT2D eigenvalue weighted by atomic mass is 15.1. The molecule has 68 valence electrons. The molecule has 0 atom stereocenters. The molecule has 12 heavy (non-hydrogen) atoms. The van der Waals surface area contributed by atoms with Crippen LogP contribution in [0, 0.1) is 17.2 Å². The van der Waals surface area contributed by atoms with Crippen LogP contribution in [0.5, 0.6) is 0 Å². The second-order valence-electron chi connectivity index (χ2n) is 3.99. The van der Waals surface area contributed by atoms with E-state index in [1.165, 1.54) is 25.7 Å². The van der Waals surface area contributed by atoms with Gasteiger partial charge in [-0.05, 0) is 38.6 Å². The molecule has 0 bridgehead atoms. The summed E-state index contributed by atoms with van der Waals surface area (Å²) in [5.41, 5.74) is 0. The number of rotatable bonds is 2. The molecule has 0 aromatic heterocycles. The van der Waals surface area contributed by atoms with Crippen molar-refractivity contribution in [1.82, 2.24) is 4.90 Å². The van der Waals surface area contributed by atoms with E-state index >= 15 is 0 Å². The molecule has 0 aromatic carbocycles. The van der Waals surface area contributed by atoms with Gasteiger partial charge in [0, 0.05) is 6.04 Å². The van der Waals surface area contributed by atoms with E-state index in [1.807, 2.05) is 0 Å². The third kappa shape index (κ3) is 2.49.